The van der Waals surface area contributed by atoms with Crippen LogP contribution >= 0.6 is 0 Å². The summed E-state index contributed by atoms with van der Waals surface area (Å²) >= 11 is 0. The topological polar surface area (TPSA) is 96.2 Å². The molecule has 0 spiro atoms. The van der Waals surface area contributed by atoms with Gasteiger partial charge in [-0.2, -0.15) is 0 Å². The van der Waals surface area contributed by atoms with Crippen molar-refractivity contribution >= 4 is 5.97 Å². The van der Waals surface area contributed by atoms with Crippen molar-refractivity contribution in [2.75, 3.05) is 13.2 Å². The van der Waals surface area contributed by atoms with Gasteiger partial charge in [0.05, 0.1) is 18.8 Å². The molecule has 0 aliphatic heterocycles. The molecule has 33 heavy (non-hydrogen) atoms. The van der Waals surface area contributed by atoms with E-state index in [-0.39, 0.29) is 25.0 Å². The second kappa shape index (κ2) is 11.0. The molecule has 0 radical (unpaired) electrons. The number of phenolic OH excluding ortho intramolecular Hbond substituents is 1. The summed E-state index contributed by atoms with van der Waals surface area (Å²) in [6, 6.07) is 9.61. The first kappa shape index (κ1) is 25.1. The first-order valence-electron chi connectivity index (χ1n) is 11.7. The molecule has 0 bridgehead atoms. The van der Waals surface area contributed by atoms with E-state index in [1.165, 1.54) is 5.56 Å². The minimum atomic E-state index is -0.545. The number of phenols is 1. The van der Waals surface area contributed by atoms with Gasteiger partial charge in [0.1, 0.15) is 11.5 Å². The second-order valence-corrected chi connectivity index (χ2v) is 9.61. The number of aromatic hydroxyl groups is 1. The highest BCUT2D eigenvalue weighted by molar-refractivity contribution is 5.71. The molecule has 0 heterocycles. The molecular weight excluding hydrogens is 420 g/mol. The maximum atomic E-state index is 12.1. The summed E-state index contributed by atoms with van der Waals surface area (Å²) in [5.41, 5.74) is 5.42. The number of carbonyl (C=O) groups excluding carboxylic acids is 1. The predicted octanol–water partition coefficient (Wildman–Crippen LogP) is 4.17. The van der Waals surface area contributed by atoms with E-state index in [0.29, 0.717) is 30.8 Å². The molecule has 1 saturated carbocycles. The summed E-state index contributed by atoms with van der Waals surface area (Å²) < 4.78 is 11.0. The van der Waals surface area contributed by atoms with E-state index in [1.807, 2.05) is 32.0 Å². The molecule has 2 aromatic rings. The van der Waals surface area contributed by atoms with Gasteiger partial charge in [0.25, 0.3) is 0 Å². The third kappa shape index (κ3) is 6.95. The minimum Gasteiger partial charge on any atom is -0.508 e. The first-order valence-corrected chi connectivity index (χ1v) is 11.7. The Balaban J connectivity index is 1.56. The molecule has 6 nitrogen and oxygen atoms in total. The quantitative estimate of drug-likeness (QED) is 0.516. The van der Waals surface area contributed by atoms with Crippen molar-refractivity contribution in [3.05, 3.63) is 58.1 Å². The monoisotopic (exact) mass is 456 g/mol. The lowest BCUT2D eigenvalue weighted by Crippen LogP contribution is -2.32. The highest BCUT2D eigenvalue weighted by atomic mass is 16.6. The molecular formula is C27H36O6. The van der Waals surface area contributed by atoms with Gasteiger partial charge in [-0.25, -0.2) is 4.79 Å². The van der Waals surface area contributed by atoms with Crippen LogP contribution in [0.5, 0.6) is 11.5 Å². The zero-order valence-electron chi connectivity index (χ0n) is 20.0. The average Bonchev–Trinajstić information content (AvgIpc) is 2.73. The summed E-state index contributed by atoms with van der Waals surface area (Å²) in [6.45, 7) is 8.17. The lowest BCUT2D eigenvalue weighted by atomic mass is 9.86. The largest absolute Gasteiger partial charge is 0.508 e. The number of ether oxygens (including phenoxy) is 2. The molecule has 180 valence electrons. The molecule has 1 aliphatic carbocycles. The van der Waals surface area contributed by atoms with Crippen molar-refractivity contribution in [1.29, 1.82) is 0 Å². The Bertz CT molecular complexity index is 934. The summed E-state index contributed by atoms with van der Waals surface area (Å²) in [6.07, 6.45) is 1.11. The molecule has 0 aromatic heterocycles. The maximum Gasteiger partial charge on any atom is 0.344 e. The highest BCUT2D eigenvalue weighted by Gasteiger charge is 2.27. The Morgan fingerprint density at radius 2 is 1.67 bits per heavy atom. The lowest BCUT2D eigenvalue weighted by molar-refractivity contribution is -0.148. The van der Waals surface area contributed by atoms with Gasteiger partial charge in [-0.05, 0) is 97.4 Å². The smallest absolute Gasteiger partial charge is 0.344 e. The van der Waals surface area contributed by atoms with Gasteiger partial charge in [0.15, 0.2) is 6.61 Å². The van der Waals surface area contributed by atoms with Gasteiger partial charge in [-0.3, -0.25) is 0 Å². The first-order chi connectivity index (χ1) is 15.6. The normalized spacial score (nSPS) is 20.6. The molecule has 3 rings (SSSR count). The van der Waals surface area contributed by atoms with Crippen LogP contribution in [0.3, 0.4) is 0 Å². The molecule has 1 fully saturated rings. The predicted molar refractivity (Wildman–Crippen MR) is 127 cm³/mol. The number of aliphatic hydroxyl groups excluding tert-OH is 2. The van der Waals surface area contributed by atoms with Gasteiger partial charge in [-0.15, -0.1) is 0 Å². The number of rotatable bonds is 8. The molecule has 0 amide bonds. The van der Waals surface area contributed by atoms with Gasteiger partial charge in [0, 0.05) is 0 Å². The van der Waals surface area contributed by atoms with Crippen LogP contribution in [-0.4, -0.2) is 46.7 Å². The molecule has 3 atom stereocenters. The van der Waals surface area contributed by atoms with E-state index in [1.54, 1.807) is 6.07 Å². The maximum absolute atomic E-state index is 12.1. The van der Waals surface area contributed by atoms with Gasteiger partial charge < -0.3 is 24.8 Å². The molecule has 2 aromatic carbocycles. The average molecular weight is 457 g/mol. The summed E-state index contributed by atoms with van der Waals surface area (Å²) in [4.78, 5) is 12.1. The van der Waals surface area contributed by atoms with Crippen LogP contribution in [0.25, 0.3) is 0 Å². The third-order valence-corrected chi connectivity index (χ3v) is 6.36. The number of hydrogen-bond donors (Lipinski definition) is 3. The fraction of sp³-hybridized carbons (Fsp3) is 0.519. The van der Waals surface area contributed by atoms with Crippen LogP contribution < -0.4 is 4.74 Å². The molecule has 1 aliphatic rings. The summed E-state index contributed by atoms with van der Waals surface area (Å²) in [7, 11) is 0. The van der Waals surface area contributed by atoms with Crippen LogP contribution in [0.15, 0.2) is 30.3 Å². The number of aryl methyl sites for hydroxylation is 2. The number of esters is 1. The standard InChI is InChI=1S/C27H36O6/c1-16(2)24-11-19(5-6-26(24)30)12-25-17(3)7-23(8-18(25)4)32-15-27(31)33-14-20-9-21(28)13-22(29)10-20/h5-8,11,16,20-22,28-30H,9-10,12-15H2,1-4H3/t20?,21-,22+. The minimum absolute atomic E-state index is 0.0346. The SMILES string of the molecule is Cc1cc(OCC(=O)OCC2C[C@@H](O)C[C@@H](O)C2)cc(C)c1Cc1ccc(O)c(C(C)C)c1. The van der Waals surface area contributed by atoms with E-state index < -0.39 is 18.2 Å². The highest BCUT2D eigenvalue weighted by Crippen LogP contribution is 2.30. The Morgan fingerprint density at radius 1 is 1.03 bits per heavy atom. The van der Waals surface area contributed by atoms with Crippen LogP contribution in [-0.2, 0) is 16.0 Å². The fourth-order valence-corrected chi connectivity index (χ4v) is 4.60. The zero-order valence-corrected chi connectivity index (χ0v) is 20.0. The Morgan fingerprint density at radius 3 is 2.27 bits per heavy atom. The Labute approximate surface area is 196 Å². The lowest BCUT2D eigenvalue weighted by Gasteiger charge is -2.29. The number of hydrogen-bond acceptors (Lipinski definition) is 6. The molecule has 1 unspecified atom stereocenters. The van der Waals surface area contributed by atoms with Gasteiger partial charge in [-0.1, -0.05) is 26.0 Å². The second-order valence-electron chi connectivity index (χ2n) is 9.61. The van der Waals surface area contributed by atoms with E-state index >= 15 is 0 Å². The number of carbonyl (C=O) groups is 1. The molecule has 6 heteroatoms. The molecule has 0 saturated heterocycles. The van der Waals surface area contributed by atoms with Crippen LogP contribution in [0.1, 0.15) is 66.8 Å². The van der Waals surface area contributed by atoms with E-state index in [0.717, 1.165) is 28.7 Å². The van der Waals surface area contributed by atoms with Crippen LogP contribution in [0.2, 0.25) is 0 Å². The number of aliphatic hydroxyl groups is 2. The van der Waals surface area contributed by atoms with Crippen molar-refractivity contribution in [1.82, 2.24) is 0 Å². The van der Waals surface area contributed by atoms with Crippen LogP contribution in [0.4, 0.5) is 0 Å². The van der Waals surface area contributed by atoms with Crippen LogP contribution in [0, 0.1) is 19.8 Å². The van der Waals surface area contributed by atoms with Crippen molar-refractivity contribution in [2.45, 2.75) is 71.5 Å². The van der Waals surface area contributed by atoms with E-state index in [4.69, 9.17) is 9.47 Å². The van der Waals surface area contributed by atoms with Crippen molar-refractivity contribution in [3.63, 3.8) is 0 Å². The Hall–Kier alpha value is -2.57. The van der Waals surface area contributed by atoms with Crippen molar-refractivity contribution < 1.29 is 29.6 Å². The van der Waals surface area contributed by atoms with E-state index in [9.17, 15) is 20.1 Å². The molecule has 3 N–H and O–H groups in total. The van der Waals surface area contributed by atoms with Crippen molar-refractivity contribution in [2.24, 2.45) is 5.92 Å². The Kier molecular flexibility index (Phi) is 8.38. The van der Waals surface area contributed by atoms with Crippen molar-refractivity contribution in [3.8, 4) is 11.5 Å². The fourth-order valence-electron chi connectivity index (χ4n) is 4.60. The van der Waals surface area contributed by atoms with Gasteiger partial charge in [0.2, 0.25) is 0 Å². The summed E-state index contributed by atoms with van der Waals surface area (Å²) in [5.74, 6) is 0.689. The van der Waals surface area contributed by atoms with Gasteiger partial charge >= 0.3 is 5.97 Å². The summed E-state index contributed by atoms with van der Waals surface area (Å²) in [5, 5.41) is 29.6. The number of benzene rings is 2. The zero-order chi connectivity index (χ0) is 24.1. The van der Waals surface area contributed by atoms with E-state index in [2.05, 4.69) is 19.9 Å². The third-order valence-electron chi connectivity index (χ3n) is 6.36.